The summed E-state index contributed by atoms with van der Waals surface area (Å²) in [5.41, 5.74) is 1.50. The fourth-order valence-corrected chi connectivity index (χ4v) is 2.88. The van der Waals surface area contributed by atoms with E-state index in [1.54, 1.807) is 6.08 Å². The monoisotopic (exact) mass is 423 g/mol. The molecule has 0 saturated heterocycles. The van der Waals surface area contributed by atoms with E-state index in [2.05, 4.69) is 37.2 Å². The van der Waals surface area contributed by atoms with Gasteiger partial charge < -0.3 is 14.8 Å². The van der Waals surface area contributed by atoms with Gasteiger partial charge in [-0.2, -0.15) is 0 Å². The van der Waals surface area contributed by atoms with E-state index in [0.717, 1.165) is 20.2 Å². The van der Waals surface area contributed by atoms with Crippen LogP contribution in [0, 0.1) is 0 Å². The molecule has 0 saturated carbocycles. The number of nitrogens with one attached hydrogen (secondary N) is 1. The van der Waals surface area contributed by atoms with Crippen molar-refractivity contribution >= 4 is 49.5 Å². The third-order valence-corrected chi connectivity index (χ3v) is 4.20. The number of halogens is 2. The first-order chi connectivity index (χ1) is 10.6. The van der Waals surface area contributed by atoms with Crippen LogP contribution in [-0.4, -0.2) is 12.7 Å². The number of fused-ring (bicyclic) bond motifs is 1. The van der Waals surface area contributed by atoms with Crippen LogP contribution in [0.2, 0.25) is 0 Å². The molecule has 6 heteroatoms. The van der Waals surface area contributed by atoms with Gasteiger partial charge in [-0.15, -0.1) is 0 Å². The molecular formula is C16H11Br2NO3. The van der Waals surface area contributed by atoms with Crippen LogP contribution >= 0.6 is 31.9 Å². The predicted molar refractivity (Wildman–Crippen MR) is 92.1 cm³/mol. The zero-order valence-corrected chi connectivity index (χ0v) is 14.5. The number of rotatable bonds is 3. The molecule has 112 valence electrons. The van der Waals surface area contributed by atoms with Crippen LogP contribution < -0.4 is 14.8 Å². The second-order valence-electron chi connectivity index (χ2n) is 4.53. The van der Waals surface area contributed by atoms with Crippen molar-refractivity contribution in [2.45, 2.75) is 0 Å². The molecule has 1 amide bonds. The molecular weight excluding hydrogens is 414 g/mol. The number of hydrogen-bond acceptors (Lipinski definition) is 3. The van der Waals surface area contributed by atoms with E-state index in [1.165, 1.54) is 6.08 Å². The van der Waals surface area contributed by atoms with E-state index < -0.39 is 0 Å². The number of benzene rings is 2. The van der Waals surface area contributed by atoms with Crippen LogP contribution in [-0.2, 0) is 4.79 Å². The Kier molecular flexibility index (Phi) is 4.49. The quantitative estimate of drug-likeness (QED) is 0.733. The SMILES string of the molecule is O=C(/C=C/c1c(Br)ccc2c1OCO2)Nc1cccc(Br)c1. The Morgan fingerprint density at radius 2 is 2.05 bits per heavy atom. The van der Waals surface area contributed by atoms with Crippen molar-refractivity contribution in [2.75, 3.05) is 12.1 Å². The minimum atomic E-state index is -0.221. The number of carbonyl (C=O) groups excluding carboxylic acids is 1. The lowest BCUT2D eigenvalue weighted by atomic mass is 10.1. The van der Waals surface area contributed by atoms with Crippen molar-refractivity contribution in [3.63, 3.8) is 0 Å². The van der Waals surface area contributed by atoms with Crippen LogP contribution in [0.1, 0.15) is 5.56 Å². The first-order valence-electron chi connectivity index (χ1n) is 6.46. The smallest absolute Gasteiger partial charge is 0.248 e. The van der Waals surface area contributed by atoms with Crippen molar-refractivity contribution in [1.29, 1.82) is 0 Å². The summed E-state index contributed by atoms with van der Waals surface area (Å²) in [5.74, 6) is 1.10. The highest BCUT2D eigenvalue weighted by molar-refractivity contribution is 9.10. The van der Waals surface area contributed by atoms with Gasteiger partial charge in [0.15, 0.2) is 11.5 Å². The zero-order valence-electron chi connectivity index (χ0n) is 11.3. The first kappa shape index (κ1) is 15.1. The molecule has 0 aliphatic carbocycles. The van der Waals surface area contributed by atoms with E-state index in [9.17, 15) is 4.79 Å². The van der Waals surface area contributed by atoms with Gasteiger partial charge >= 0.3 is 0 Å². The molecule has 0 aromatic heterocycles. The molecule has 0 radical (unpaired) electrons. The second kappa shape index (κ2) is 6.54. The largest absolute Gasteiger partial charge is 0.454 e. The predicted octanol–water partition coefficient (Wildman–Crippen LogP) is 4.59. The number of ether oxygens (including phenoxy) is 2. The molecule has 1 aliphatic rings. The van der Waals surface area contributed by atoms with Crippen molar-refractivity contribution in [2.24, 2.45) is 0 Å². The van der Waals surface area contributed by atoms with E-state index in [-0.39, 0.29) is 12.7 Å². The maximum absolute atomic E-state index is 12.0. The zero-order chi connectivity index (χ0) is 15.5. The van der Waals surface area contributed by atoms with Gasteiger partial charge in [-0.25, -0.2) is 0 Å². The summed E-state index contributed by atoms with van der Waals surface area (Å²) >= 11 is 6.82. The summed E-state index contributed by atoms with van der Waals surface area (Å²) in [4.78, 5) is 12.0. The average Bonchev–Trinajstić information content (AvgIpc) is 2.95. The standard InChI is InChI=1S/C16H11Br2NO3/c17-10-2-1-3-11(8-10)19-15(20)7-4-12-13(18)5-6-14-16(12)22-9-21-14/h1-8H,9H2,(H,19,20)/b7-4+. The van der Waals surface area contributed by atoms with E-state index >= 15 is 0 Å². The highest BCUT2D eigenvalue weighted by Crippen LogP contribution is 2.40. The van der Waals surface area contributed by atoms with Gasteiger partial charge in [0.05, 0.1) is 0 Å². The molecule has 1 N–H and O–H groups in total. The summed E-state index contributed by atoms with van der Waals surface area (Å²) in [6, 6.07) is 11.1. The molecule has 1 heterocycles. The Morgan fingerprint density at radius 3 is 2.86 bits per heavy atom. The Balaban J connectivity index is 1.77. The van der Waals surface area contributed by atoms with Crippen LogP contribution in [0.4, 0.5) is 5.69 Å². The van der Waals surface area contributed by atoms with E-state index in [0.29, 0.717) is 11.5 Å². The number of carbonyl (C=O) groups is 1. The summed E-state index contributed by atoms with van der Waals surface area (Å²) in [6.07, 6.45) is 3.16. The lowest BCUT2D eigenvalue weighted by Gasteiger charge is -2.05. The number of anilines is 1. The van der Waals surface area contributed by atoms with Gasteiger partial charge in [0.2, 0.25) is 12.7 Å². The Morgan fingerprint density at radius 1 is 1.18 bits per heavy atom. The molecule has 22 heavy (non-hydrogen) atoms. The Labute approximate surface area is 144 Å². The molecule has 0 fully saturated rings. The number of amides is 1. The lowest BCUT2D eigenvalue weighted by molar-refractivity contribution is -0.111. The van der Waals surface area contributed by atoms with Gasteiger partial charge in [0, 0.05) is 26.3 Å². The molecule has 0 unspecified atom stereocenters. The summed E-state index contributed by atoms with van der Waals surface area (Å²) in [5, 5.41) is 2.80. The molecule has 3 rings (SSSR count). The van der Waals surface area contributed by atoms with Gasteiger partial charge in [0.1, 0.15) is 0 Å². The Bertz CT molecular complexity index is 759. The van der Waals surface area contributed by atoms with Crippen LogP contribution in [0.15, 0.2) is 51.4 Å². The van der Waals surface area contributed by atoms with E-state index in [4.69, 9.17) is 9.47 Å². The summed E-state index contributed by atoms with van der Waals surface area (Å²) in [7, 11) is 0. The highest BCUT2D eigenvalue weighted by Gasteiger charge is 2.18. The molecule has 0 atom stereocenters. The topological polar surface area (TPSA) is 47.6 Å². The summed E-state index contributed by atoms with van der Waals surface area (Å²) in [6.45, 7) is 0.191. The van der Waals surface area contributed by atoms with Gasteiger partial charge in [-0.3, -0.25) is 4.79 Å². The van der Waals surface area contributed by atoms with E-state index in [1.807, 2.05) is 36.4 Å². The van der Waals surface area contributed by atoms with Crippen molar-refractivity contribution in [1.82, 2.24) is 0 Å². The summed E-state index contributed by atoms with van der Waals surface area (Å²) < 4.78 is 12.5. The first-order valence-corrected chi connectivity index (χ1v) is 8.05. The minimum Gasteiger partial charge on any atom is -0.454 e. The minimum absolute atomic E-state index is 0.191. The van der Waals surface area contributed by atoms with Crippen molar-refractivity contribution in [3.05, 3.63) is 57.0 Å². The van der Waals surface area contributed by atoms with Gasteiger partial charge in [0.25, 0.3) is 0 Å². The highest BCUT2D eigenvalue weighted by atomic mass is 79.9. The molecule has 0 spiro atoms. The third-order valence-electron chi connectivity index (χ3n) is 3.02. The van der Waals surface area contributed by atoms with Crippen molar-refractivity contribution in [3.8, 4) is 11.5 Å². The fourth-order valence-electron chi connectivity index (χ4n) is 2.03. The average molecular weight is 425 g/mol. The third kappa shape index (κ3) is 3.34. The molecule has 0 bridgehead atoms. The maximum atomic E-state index is 12.0. The fraction of sp³-hybridized carbons (Fsp3) is 0.0625. The van der Waals surface area contributed by atoms with Crippen molar-refractivity contribution < 1.29 is 14.3 Å². The lowest BCUT2D eigenvalue weighted by Crippen LogP contribution is -2.07. The van der Waals surface area contributed by atoms with Gasteiger partial charge in [-0.05, 0) is 36.4 Å². The van der Waals surface area contributed by atoms with Crippen LogP contribution in [0.3, 0.4) is 0 Å². The molecule has 4 nitrogen and oxygen atoms in total. The molecule has 1 aliphatic heterocycles. The van der Waals surface area contributed by atoms with Crippen LogP contribution in [0.5, 0.6) is 11.5 Å². The molecule has 2 aromatic rings. The van der Waals surface area contributed by atoms with Gasteiger partial charge in [-0.1, -0.05) is 37.9 Å². The normalized spacial score (nSPS) is 12.6. The number of hydrogen-bond donors (Lipinski definition) is 1. The Hall–Kier alpha value is -1.79. The molecule has 2 aromatic carbocycles. The second-order valence-corrected chi connectivity index (χ2v) is 6.30. The van der Waals surface area contributed by atoms with Crippen LogP contribution in [0.25, 0.3) is 6.08 Å². The maximum Gasteiger partial charge on any atom is 0.248 e.